The molecular formula is C17H28ClN3O2. The van der Waals surface area contributed by atoms with Crippen LogP contribution < -0.4 is 11.5 Å². The highest BCUT2D eigenvalue weighted by Gasteiger charge is 2.22. The minimum atomic E-state index is -0.487. The van der Waals surface area contributed by atoms with E-state index in [2.05, 4.69) is 0 Å². The van der Waals surface area contributed by atoms with Crippen LogP contribution >= 0.6 is 12.4 Å². The number of nitrogens with zero attached hydrogens (tertiary/aromatic N) is 1. The van der Waals surface area contributed by atoms with Crippen LogP contribution in [0.5, 0.6) is 0 Å². The smallest absolute Gasteiger partial charge is 0.237 e. The van der Waals surface area contributed by atoms with Crippen molar-refractivity contribution < 1.29 is 9.59 Å². The lowest BCUT2D eigenvalue weighted by Crippen LogP contribution is -2.40. The lowest BCUT2D eigenvalue weighted by Gasteiger charge is -2.28. The third-order valence-corrected chi connectivity index (χ3v) is 3.74. The number of amides is 2. The number of primary amides is 1. The molecule has 0 aliphatic heterocycles. The fourth-order valence-corrected chi connectivity index (χ4v) is 2.44. The van der Waals surface area contributed by atoms with Crippen LogP contribution in [0.1, 0.15) is 50.6 Å². The molecule has 0 spiro atoms. The van der Waals surface area contributed by atoms with Crippen molar-refractivity contribution in [2.75, 3.05) is 13.1 Å². The van der Waals surface area contributed by atoms with E-state index in [9.17, 15) is 9.59 Å². The molecule has 0 fully saturated rings. The summed E-state index contributed by atoms with van der Waals surface area (Å²) in [4.78, 5) is 25.3. The summed E-state index contributed by atoms with van der Waals surface area (Å²) in [6.07, 6.45) is 4.26. The summed E-state index contributed by atoms with van der Waals surface area (Å²) >= 11 is 0. The number of halogens is 1. The van der Waals surface area contributed by atoms with E-state index in [4.69, 9.17) is 11.5 Å². The quantitative estimate of drug-likeness (QED) is 0.640. The number of carbonyl (C=O) groups excluding carboxylic acids is 2. The van der Waals surface area contributed by atoms with Gasteiger partial charge in [-0.05, 0) is 31.9 Å². The zero-order chi connectivity index (χ0) is 16.4. The maximum Gasteiger partial charge on any atom is 0.237 e. The van der Waals surface area contributed by atoms with Crippen LogP contribution in [0.3, 0.4) is 0 Å². The molecule has 2 amide bonds. The highest BCUT2D eigenvalue weighted by atomic mass is 35.5. The summed E-state index contributed by atoms with van der Waals surface area (Å²) in [6.45, 7) is 2.56. The van der Waals surface area contributed by atoms with Gasteiger partial charge < -0.3 is 16.4 Å². The number of nitrogens with two attached hydrogens (primary N) is 2. The average molecular weight is 342 g/mol. The molecule has 0 saturated carbocycles. The molecule has 1 rings (SSSR count). The lowest BCUT2D eigenvalue weighted by atomic mass is 10.1. The molecule has 0 aliphatic rings. The molecule has 1 aromatic rings. The summed E-state index contributed by atoms with van der Waals surface area (Å²) in [6, 6.07) is 9.51. The van der Waals surface area contributed by atoms with Gasteiger partial charge in [0.05, 0.1) is 12.6 Å². The van der Waals surface area contributed by atoms with Gasteiger partial charge in [0.25, 0.3) is 0 Å². The van der Waals surface area contributed by atoms with Crippen LogP contribution in [0.2, 0.25) is 0 Å². The number of rotatable bonds is 10. The Morgan fingerprint density at radius 1 is 1.09 bits per heavy atom. The number of hydrogen-bond donors (Lipinski definition) is 2. The van der Waals surface area contributed by atoms with Crippen LogP contribution in [0.15, 0.2) is 30.3 Å². The monoisotopic (exact) mass is 341 g/mol. The minimum Gasteiger partial charge on any atom is -0.368 e. The molecule has 0 saturated heterocycles. The first-order valence-corrected chi connectivity index (χ1v) is 7.89. The second-order valence-electron chi connectivity index (χ2n) is 5.53. The molecule has 0 radical (unpaired) electrons. The Labute approximate surface area is 144 Å². The van der Waals surface area contributed by atoms with Crippen LogP contribution in [0.25, 0.3) is 0 Å². The number of carbonyl (C=O) groups is 2. The summed E-state index contributed by atoms with van der Waals surface area (Å²) in [5.74, 6) is -0.512. The number of hydrogen-bond acceptors (Lipinski definition) is 3. The summed E-state index contributed by atoms with van der Waals surface area (Å²) in [7, 11) is 0. The van der Waals surface area contributed by atoms with Crippen LogP contribution in [0, 0.1) is 0 Å². The largest absolute Gasteiger partial charge is 0.368 e. The Hall–Kier alpha value is -1.59. The van der Waals surface area contributed by atoms with Crippen molar-refractivity contribution in [3.8, 4) is 0 Å². The van der Waals surface area contributed by atoms with Gasteiger partial charge >= 0.3 is 0 Å². The van der Waals surface area contributed by atoms with E-state index >= 15 is 0 Å². The molecule has 4 N–H and O–H groups in total. The Morgan fingerprint density at radius 2 is 1.70 bits per heavy atom. The standard InChI is InChI=1S/C17H27N3O2.ClH/c1-14(15-9-5-4-6-10-15)20(13-16(19)21)17(22)11-7-2-3-8-12-18;/h4-6,9-10,14H,2-3,7-8,11-13,18H2,1H3,(H2,19,21);1H/t14-;/m1./s1. The molecule has 23 heavy (non-hydrogen) atoms. The zero-order valence-corrected chi connectivity index (χ0v) is 14.6. The molecule has 0 aliphatic carbocycles. The fourth-order valence-electron chi connectivity index (χ4n) is 2.44. The fraction of sp³-hybridized carbons (Fsp3) is 0.529. The Morgan fingerprint density at radius 3 is 2.26 bits per heavy atom. The molecule has 130 valence electrons. The summed E-state index contributed by atoms with van der Waals surface area (Å²) in [5.41, 5.74) is 11.7. The molecule has 1 aromatic carbocycles. The van der Waals surface area contributed by atoms with Crippen LogP contribution in [0.4, 0.5) is 0 Å². The summed E-state index contributed by atoms with van der Waals surface area (Å²) < 4.78 is 0. The minimum absolute atomic E-state index is 0. The van der Waals surface area contributed by atoms with E-state index in [0.29, 0.717) is 13.0 Å². The molecule has 1 atom stereocenters. The third-order valence-electron chi connectivity index (χ3n) is 3.74. The van der Waals surface area contributed by atoms with Crippen molar-refractivity contribution in [2.24, 2.45) is 11.5 Å². The average Bonchev–Trinajstić information content (AvgIpc) is 2.52. The van der Waals surface area contributed by atoms with Crippen molar-refractivity contribution in [1.29, 1.82) is 0 Å². The SMILES string of the molecule is C[C@H](c1ccccc1)N(CC(N)=O)C(=O)CCCCCCN.Cl. The molecular weight excluding hydrogens is 314 g/mol. The second kappa shape index (κ2) is 11.9. The second-order valence-corrected chi connectivity index (χ2v) is 5.53. The Balaban J connectivity index is 0.00000484. The Kier molecular flexibility index (Phi) is 11.1. The molecule has 5 nitrogen and oxygen atoms in total. The van der Waals surface area contributed by atoms with Crippen molar-refractivity contribution in [3.05, 3.63) is 35.9 Å². The van der Waals surface area contributed by atoms with Gasteiger partial charge in [-0.3, -0.25) is 9.59 Å². The summed E-state index contributed by atoms with van der Waals surface area (Å²) in [5, 5.41) is 0. The first-order valence-electron chi connectivity index (χ1n) is 7.89. The van der Waals surface area contributed by atoms with Gasteiger partial charge in [0.15, 0.2) is 0 Å². The van der Waals surface area contributed by atoms with Gasteiger partial charge in [-0.15, -0.1) is 12.4 Å². The molecule has 0 bridgehead atoms. The first kappa shape index (κ1) is 21.4. The lowest BCUT2D eigenvalue weighted by molar-refractivity contribution is -0.137. The third kappa shape index (κ3) is 8.00. The Bertz CT molecular complexity index is 468. The highest BCUT2D eigenvalue weighted by molar-refractivity contribution is 5.85. The maximum absolute atomic E-state index is 12.4. The van der Waals surface area contributed by atoms with Crippen LogP contribution in [-0.2, 0) is 9.59 Å². The molecule has 6 heteroatoms. The van der Waals surface area contributed by atoms with Crippen molar-refractivity contribution >= 4 is 24.2 Å². The van der Waals surface area contributed by atoms with E-state index in [1.165, 1.54) is 0 Å². The van der Waals surface area contributed by atoms with E-state index in [0.717, 1.165) is 31.2 Å². The first-order chi connectivity index (χ1) is 10.6. The van der Waals surface area contributed by atoms with Gasteiger partial charge in [-0.25, -0.2) is 0 Å². The number of unbranched alkanes of at least 4 members (excludes halogenated alkanes) is 3. The van der Waals surface area contributed by atoms with Gasteiger partial charge in [0.2, 0.25) is 11.8 Å². The van der Waals surface area contributed by atoms with Gasteiger partial charge in [-0.2, -0.15) is 0 Å². The van der Waals surface area contributed by atoms with Gasteiger partial charge in [-0.1, -0.05) is 43.2 Å². The predicted molar refractivity (Wildman–Crippen MR) is 95.2 cm³/mol. The normalized spacial score (nSPS) is 11.4. The molecule has 0 aromatic heterocycles. The van der Waals surface area contributed by atoms with E-state index in [1.807, 2.05) is 37.3 Å². The van der Waals surface area contributed by atoms with Gasteiger partial charge in [0, 0.05) is 6.42 Å². The maximum atomic E-state index is 12.4. The molecule has 0 unspecified atom stereocenters. The van der Waals surface area contributed by atoms with E-state index in [-0.39, 0.29) is 30.9 Å². The highest BCUT2D eigenvalue weighted by Crippen LogP contribution is 2.21. The topological polar surface area (TPSA) is 89.4 Å². The van der Waals surface area contributed by atoms with Crippen molar-refractivity contribution in [1.82, 2.24) is 4.90 Å². The van der Waals surface area contributed by atoms with Crippen molar-refractivity contribution in [2.45, 2.75) is 45.1 Å². The van der Waals surface area contributed by atoms with Crippen LogP contribution in [-0.4, -0.2) is 29.8 Å². The molecule has 0 heterocycles. The zero-order valence-electron chi connectivity index (χ0n) is 13.7. The van der Waals surface area contributed by atoms with E-state index < -0.39 is 5.91 Å². The predicted octanol–water partition coefficient (Wildman–Crippen LogP) is 2.39. The number of benzene rings is 1. The van der Waals surface area contributed by atoms with Crippen molar-refractivity contribution in [3.63, 3.8) is 0 Å². The van der Waals surface area contributed by atoms with Gasteiger partial charge in [0.1, 0.15) is 0 Å². The van der Waals surface area contributed by atoms with E-state index in [1.54, 1.807) is 4.90 Å².